The number of hydrogen-bond acceptors (Lipinski definition) is 5. The van der Waals surface area contributed by atoms with Crippen LogP contribution in [0.15, 0.2) is 42.6 Å². The van der Waals surface area contributed by atoms with Crippen molar-refractivity contribution < 1.29 is 9.53 Å². The topological polar surface area (TPSA) is 57.7 Å². The van der Waals surface area contributed by atoms with Crippen LogP contribution in [0, 0.1) is 0 Å². The zero-order valence-corrected chi connectivity index (χ0v) is 15.4. The molecule has 0 bridgehead atoms. The highest BCUT2D eigenvalue weighted by Gasteiger charge is 2.15. The molecule has 1 aromatic heterocycles. The van der Waals surface area contributed by atoms with Gasteiger partial charge in [0.05, 0.1) is 6.61 Å². The monoisotopic (exact) mass is 354 g/mol. The van der Waals surface area contributed by atoms with Crippen LogP contribution in [-0.4, -0.2) is 56.1 Å². The largest absolute Gasteiger partial charge is 0.380 e. The Labute approximate surface area is 154 Å². The predicted molar refractivity (Wildman–Crippen MR) is 102 cm³/mol. The average Bonchev–Trinajstić information content (AvgIpc) is 2.68. The highest BCUT2D eigenvalue weighted by atomic mass is 16.5. The molecule has 6 nitrogen and oxygen atoms in total. The van der Waals surface area contributed by atoms with Crippen LogP contribution in [0.2, 0.25) is 0 Å². The number of hydrogen-bond donors (Lipinski definition) is 1. The van der Waals surface area contributed by atoms with Crippen LogP contribution in [0.5, 0.6) is 0 Å². The number of ether oxygens (including phenoxy) is 1. The van der Waals surface area contributed by atoms with Crippen molar-refractivity contribution in [1.29, 1.82) is 0 Å². The molecule has 0 atom stereocenters. The number of rotatable bonds is 6. The number of carbonyl (C=O) groups is 1. The fourth-order valence-corrected chi connectivity index (χ4v) is 3.00. The Morgan fingerprint density at radius 1 is 1.15 bits per heavy atom. The normalized spacial score (nSPS) is 15.1. The van der Waals surface area contributed by atoms with Crippen LogP contribution < -0.4 is 10.2 Å². The molecule has 0 unspecified atom stereocenters. The van der Waals surface area contributed by atoms with Crippen LogP contribution in [0.4, 0.5) is 5.82 Å². The molecule has 0 radical (unpaired) electrons. The lowest BCUT2D eigenvalue weighted by Gasteiger charge is -2.33. The summed E-state index contributed by atoms with van der Waals surface area (Å²) in [6.07, 6.45) is 1.84. The Hall–Kier alpha value is -2.44. The Morgan fingerprint density at radius 3 is 2.65 bits per heavy atom. The van der Waals surface area contributed by atoms with Crippen molar-refractivity contribution in [3.05, 3.63) is 59.3 Å². The average molecular weight is 354 g/mol. The summed E-state index contributed by atoms with van der Waals surface area (Å²) in [5, 5.41) is 2.95. The number of aromatic nitrogens is 1. The molecule has 1 aromatic carbocycles. The smallest absolute Gasteiger partial charge is 0.251 e. The van der Waals surface area contributed by atoms with E-state index in [1.807, 2.05) is 42.6 Å². The van der Waals surface area contributed by atoms with Crippen LogP contribution in [-0.2, 0) is 17.9 Å². The summed E-state index contributed by atoms with van der Waals surface area (Å²) in [6.45, 7) is 5.07. The summed E-state index contributed by atoms with van der Waals surface area (Å²) in [5.74, 6) is 0.909. The van der Waals surface area contributed by atoms with Gasteiger partial charge in [0.2, 0.25) is 0 Å². The van der Waals surface area contributed by atoms with E-state index in [1.54, 1.807) is 7.11 Å². The van der Waals surface area contributed by atoms with E-state index in [2.05, 4.69) is 27.1 Å². The molecule has 0 saturated carbocycles. The number of carbonyl (C=O) groups excluding carboxylic acids is 1. The number of benzene rings is 1. The van der Waals surface area contributed by atoms with Crippen LogP contribution in [0.25, 0.3) is 0 Å². The van der Waals surface area contributed by atoms with Crippen molar-refractivity contribution in [1.82, 2.24) is 15.2 Å². The predicted octanol–water partition coefficient (Wildman–Crippen LogP) is 1.91. The molecule has 1 fully saturated rings. The van der Waals surface area contributed by atoms with Gasteiger partial charge in [0.15, 0.2) is 0 Å². The number of piperazine rings is 1. The van der Waals surface area contributed by atoms with E-state index in [1.165, 1.54) is 0 Å². The van der Waals surface area contributed by atoms with Crippen LogP contribution in [0.1, 0.15) is 21.5 Å². The minimum Gasteiger partial charge on any atom is -0.380 e. The molecule has 1 N–H and O–H groups in total. The standard InChI is InChI=1S/C20H26N4O2/c1-23-8-10-24(11-9-23)19-7-6-17(13-21-19)14-22-20(25)18-5-3-4-16(12-18)15-26-2/h3-7,12-13H,8-11,14-15H2,1-2H3,(H,22,25). The molecule has 1 saturated heterocycles. The maximum atomic E-state index is 12.3. The summed E-state index contributed by atoms with van der Waals surface area (Å²) in [6, 6.07) is 11.5. The van der Waals surface area contributed by atoms with E-state index >= 15 is 0 Å². The molecule has 3 rings (SSSR count). The summed E-state index contributed by atoms with van der Waals surface area (Å²) >= 11 is 0. The van der Waals surface area contributed by atoms with Gasteiger partial charge < -0.3 is 19.9 Å². The lowest BCUT2D eigenvalue weighted by molar-refractivity contribution is 0.0950. The van der Waals surface area contributed by atoms with Gasteiger partial charge in [-0.3, -0.25) is 4.79 Å². The first-order valence-corrected chi connectivity index (χ1v) is 8.90. The molecule has 0 aliphatic carbocycles. The molecule has 6 heteroatoms. The summed E-state index contributed by atoms with van der Waals surface area (Å²) in [5.41, 5.74) is 2.61. The van der Waals surface area contributed by atoms with E-state index in [0.29, 0.717) is 18.7 Å². The van der Waals surface area contributed by atoms with Crippen molar-refractivity contribution in [2.75, 3.05) is 45.2 Å². The molecular formula is C20H26N4O2. The fourth-order valence-electron chi connectivity index (χ4n) is 3.00. The second kappa shape index (κ2) is 8.78. The highest BCUT2D eigenvalue weighted by Crippen LogP contribution is 2.14. The van der Waals surface area contributed by atoms with Gasteiger partial charge in [0, 0.05) is 51.6 Å². The minimum absolute atomic E-state index is 0.0916. The summed E-state index contributed by atoms with van der Waals surface area (Å²) in [4.78, 5) is 21.5. The van der Waals surface area contributed by atoms with E-state index in [9.17, 15) is 4.79 Å². The van der Waals surface area contributed by atoms with Crippen molar-refractivity contribution in [3.63, 3.8) is 0 Å². The highest BCUT2D eigenvalue weighted by molar-refractivity contribution is 5.94. The molecule has 138 valence electrons. The SMILES string of the molecule is COCc1cccc(C(=O)NCc2ccc(N3CCN(C)CC3)nc2)c1. The summed E-state index contributed by atoms with van der Waals surface area (Å²) < 4.78 is 5.11. The lowest BCUT2D eigenvalue weighted by atomic mass is 10.1. The Balaban J connectivity index is 1.54. The number of methoxy groups -OCH3 is 1. The van der Waals surface area contributed by atoms with Crippen molar-refractivity contribution in [2.24, 2.45) is 0 Å². The molecule has 1 aliphatic rings. The van der Waals surface area contributed by atoms with Gasteiger partial charge in [0.25, 0.3) is 5.91 Å². The Bertz CT molecular complexity index is 725. The molecule has 26 heavy (non-hydrogen) atoms. The van der Waals surface area contributed by atoms with Gasteiger partial charge in [-0.25, -0.2) is 4.98 Å². The quantitative estimate of drug-likeness (QED) is 0.859. The lowest BCUT2D eigenvalue weighted by Crippen LogP contribution is -2.44. The first-order chi connectivity index (χ1) is 12.7. The Kier molecular flexibility index (Phi) is 6.20. The Morgan fingerprint density at radius 2 is 1.96 bits per heavy atom. The second-order valence-corrected chi connectivity index (χ2v) is 6.63. The molecular weight excluding hydrogens is 328 g/mol. The van der Waals surface area contributed by atoms with Gasteiger partial charge >= 0.3 is 0 Å². The van der Waals surface area contributed by atoms with E-state index in [4.69, 9.17) is 4.74 Å². The van der Waals surface area contributed by atoms with Gasteiger partial charge in [-0.15, -0.1) is 0 Å². The van der Waals surface area contributed by atoms with Crippen molar-refractivity contribution >= 4 is 11.7 Å². The molecule has 2 aromatic rings. The maximum absolute atomic E-state index is 12.3. The second-order valence-electron chi connectivity index (χ2n) is 6.63. The molecule has 2 heterocycles. The third kappa shape index (κ3) is 4.80. The zero-order valence-electron chi connectivity index (χ0n) is 15.4. The van der Waals surface area contributed by atoms with Gasteiger partial charge in [-0.2, -0.15) is 0 Å². The minimum atomic E-state index is -0.0916. The molecule has 1 amide bonds. The van der Waals surface area contributed by atoms with Crippen molar-refractivity contribution in [3.8, 4) is 0 Å². The van der Waals surface area contributed by atoms with Gasteiger partial charge in [0.1, 0.15) is 5.82 Å². The van der Waals surface area contributed by atoms with E-state index in [0.717, 1.165) is 43.1 Å². The number of likely N-dealkylation sites (N-methyl/N-ethyl adjacent to an activating group) is 1. The zero-order chi connectivity index (χ0) is 18.4. The maximum Gasteiger partial charge on any atom is 0.251 e. The fraction of sp³-hybridized carbons (Fsp3) is 0.400. The first-order valence-electron chi connectivity index (χ1n) is 8.90. The van der Waals surface area contributed by atoms with Gasteiger partial charge in [-0.05, 0) is 36.4 Å². The van der Waals surface area contributed by atoms with Crippen LogP contribution >= 0.6 is 0 Å². The number of anilines is 1. The number of amides is 1. The molecule has 0 spiro atoms. The van der Waals surface area contributed by atoms with Crippen LogP contribution in [0.3, 0.4) is 0 Å². The van der Waals surface area contributed by atoms with Crippen molar-refractivity contribution in [2.45, 2.75) is 13.2 Å². The van der Waals surface area contributed by atoms with E-state index in [-0.39, 0.29) is 5.91 Å². The molecule has 1 aliphatic heterocycles. The number of nitrogens with one attached hydrogen (secondary N) is 1. The third-order valence-corrected chi connectivity index (χ3v) is 4.59. The number of nitrogens with zero attached hydrogens (tertiary/aromatic N) is 3. The summed E-state index contributed by atoms with van der Waals surface area (Å²) in [7, 11) is 3.78. The van der Waals surface area contributed by atoms with E-state index < -0.39 is 0 Å². The first kappa shape index (κ1) is 18.4. The third-order valence-electron chi connectivity index (χ3n) is 4.59. The van der Waals surface area contributed by atoms with Gasteiger partial charge in [-0.1, -0.05) is 18.2 Å². The number of pyridine rings is 1.